The van der Waals surface area contributed by atoms with Crippen LogP contribution in [0.3, 0.4) is 0 Å². The highest BCUT2D eigenvalue weighted by molar-refractivity contribution is 7.91. The zero-order valence-electron chi connectivity index (χ0n) is 19.0. The van der Waals surface area contributed by atoms with E-state index >= 15 is 0 Å². The predicted octanol–water partition coefficient (Wildman–Crippen LogP) is 4.59. The summed E-state index contributed by atoms with van der Waals surface area (Å²) >= 11 is 0. The number of para-hydroxylation sites is 1. The lowest BCUT2D eigenvalue weighted by atomic mass is 9.82. The van der Waals surface area contributed by atoms with Gasteiger partial charge in [0, 0.05) is 23.7 Å². The summed E-state index contributed by atoms with van der Waals surface area (Å²) in [6.07, 6.45) is -0.687. The molecule has 2 aliphatic rings. The second-order valence-electron chi connectivity index (χ2n) is 9.17. The molecule has 184 valence electrons. The molecule has 0 saturated carbocycles. The molecule has 1 atom stereocenters. The van der Waals surface area contributed by atoms with Crippen molar-refractivity contribution >= 4 is 52.8 Å². The Balaban J connectivity index is 0.000000758. The Bertz CT molecular complexity index is 1220. The minimum Gasteiger partial charge on any atom is -0.294 e. The number of Topliss-reactive ketones (excluding diaryl/α,β-unsaturated/α-hetero) is 1. The van der Waals surface area contributed by atoms with Gasteiger partial charge in [0.25, 0.3) is 0 Å². The maximum atomic E-state index is 13.1. The molecular formula is C23H26F2N2O5S2. The molecule has 0 spiro atoms. The summed E-state index contributed by atoms with van der Waals surface area (Å²) in [6.45, 7) is 5.51. The molecule has 0 N–H and O–H groups in total. The Morgan fingerprint density at radius 2 is 1.71 bits per heavy atom. The molecule has 2 aliphatic heterocycles. The van der Waals surface area contributed by atoms with Crippen LogP contribution in [0.1, 0.15) is 49.5 Å². The Labute approximate surface area is 203 Å². The number of amides is 1. The first-order chi connectivity index (χ1) is 15.3. The number of hydrogen-bond acceptors (Lipinski definition) is 6. The highest BCUT2D eigenvalue weighted by Gasteiger charge is 2.46. The van der Waals surface area contributed by atoms with Crippen molar-refractivity contribution in [3.05, 3.63) is 53.7 Å². The third kappa shape index (κ3) is 5.69. The van der Waals surface area contributed by atoms with E-state index in [0.29, 0.717) is 23.4 Å². The van der Waals surface area contributed by atoms with Crippen LogP contribution in [0.25, 0.3) is 0 Å². The van der Waals surface area contributed by atoms with Gasteiger partial charge in [-0.1, -0.05) is 25.1 Å². The van der Waals surface area contributed by atoms with E-state index < -0.39 is 27.0 Å². The van der Waals surface area contributed by atoms with Crippen LogP contribution in [0.15, 0.2) is 42.6 Å². The number of benzene rings is 1. The first-order valence-corrected chi connectivity index (χ1v) is 12.1. The van der Waals surface area contributed by atoms with Crippen molar-refractivity contribution in [1.82, 2.24) is 4.98 Å². The fraction of sp³-hybridized carbons (Fsp3) is 0.391. The van der Waals surface area contributed by atoms with Crippen LogP contribution >= 0.6 is 13.5 Å². The summed E-state index contributed by atoms with van der Waals surface area (Å²) in [6, 6.07) is 11.1. The Morgan fingerprint density at radius 3 is 2.24 bits per heavy atom. The molecular weight excluding hydrogens is 486 g/mol. The van der Waals surface area contributed by atoms with Crippen LogP contribution in [0.2, 0.25) is 0 Å². The molecule has 34 heavy (non-hydrogen) atoms. The van der Waals surface area contributed by atoms with E-state index in [4.69, 9.17) is 4.79 Å². The van der Waals surface area contributed by atoms with Crippen molar-refractivity contribution in [2.24, 2.45) is 5.41 Å². The highest BCUT2D eigenvalue weighted by Crippen LogP contribution is 2.44. The number of rotatable bonds is 4. The second kappa shape index (κ2) is 9.91. The third-order valence-corrected chi connectivity index (χ3v) is 7.96. The van der Waals surface area contributed by atoms with Crippen LogP contribution in [-0.2, 0) is 20.0 Å². The number of carbonyl (C=O) groups excluding carboxylic acids is 3. The van der Waals surface area contributed by atoms with Gasteiger partial charge in [-0.25, -0.2) is 18.2 Å². The molecule has 7 nitrogen and oxygen atoms in total. The molecule has 11 heteroatoms. The Morgan fingerprint density at radius 1 is 1.12 bits per heavy atom. The fourth-order valence-corrected chi connectivity index (χ4v) is 6.52. The van der Waals surface area contributed by atoms with Gasteiger partial charge in [-0.15, -0.1) is 8.78 Å². The molecule has 1 aromatic carbocycles. The zero-order chi connectivity index (χ0) is 24.6. The van der Waals surface area contributed by atoms with Gasteiger partial charge in [-0.2, -0.15) is 13.5 Å². The number of anilines is 2. The molecule has 0 bridgehead atoms. The van der Waals surface area contributed by atoms with Gasteiger partial charge in [0.1, 0.15) is 5.82 Å². The molecule has 3 heterocycles. The molecule has 0 unspecified atom stereocenters. The lowest BCUT2D eigenvalue weighted by Gasteiger charge is -2.21. The predicted molar refractivity (Wildman–Crippen MR) is 129 cm³/mol. The second-order valence-corrected chi connectivity index (χ2v) is 11.4. The van der Waals surface area contributed by atoms with E-state index in [1.54, 1.807) is 11.0 Å². The number of halogens is 2. The van der Waals surface area contributed by atoms with Crippen molar-refractivity contribution in [3.8, 4) is 0 Å². The molecule has 1 saturated heterocycles. The quantitative estimate of drug-likeness (QED) is 0.439. The minimum absolute atomic E-state index is 0. The monoisotopic (exact) mass is 512 g/mol. The van der Waals surface area contributed by atoms with E-state index in [2.05, 4.69) is 4.98 Å². The fourth-order valence-electron chi connectivity index (χ4n) is 4.26. The van der Waals surface area contributed by atoms with Crippen molar-refractivity contribution < 1.29 is 31.6 Å². The average molecular weight is 513 g/mol. The maximum absolute atomic E-state index is 13.1. The lowest BCUT2D eigenvalue weighted by molar-refractivity contribution is -0.121. The van der Waals surface area contributed by atoms with Gasteiger partial charge in [0.05, 0.1) is 22.6 Å². The van der Waals surface area contributed by atoms with Crippen LogP contribution in [0.5, 0.6) is 0 Å². The number of hydrogen-bond donors (Lipinski definition) is 0. The molecule has 0 radical (unpaired) electrons. The highest BCUT2D eigenvalue weighted by atomic mass is 32.2. The molecule has 4 rings (SSSR count). The summed E-state index contributed by atoms with van der Waals surface area (Å²) in [5.74, 6) is 0.478. The molecule has 1 fully saturated rings. The Hall–Kier alpha value is -2.66. The van der Waals surface area contributed by atoms with Crippen molar-refractivity contribution in [3.63, 3.8) is 0 Å². The average Bonchev–Trinajstić information content (AvgIpc) is 3.11. The van der Waals surface area contributed by atoms with Gasteiger partial charge < -0.3 is 0 Å². The summed E-state index contributed by atoms with van der Waals surface area (Å²) in [5, 5.41) is 0. The van der Waals surface area contributed by atoms with Crippen molar-refractivity contribution in [1.29, 1.82) is 0 Å². The van der Waals surface area contributed by atoms with Crippen LogP contribution in [0, 0.1) is 5.41 Å². The molecule has 2 aromatic rings. The van der Waals surface area contributed by atoms with Crippen molar-refractivity contribution in [2.45, 2.75) is 39.0 Å². The normalized spacial score (nSPS) is 21.7. The van der Waals surface area contributed by atoms with E-state index in [9.17, 15) is 26.8 Å². The lowest BCUT2D eigenvalue weighted by Crippen LogP contribution is -2.33. The number of aromatic nitrogens is 1. The molecule has 1 amide bonds. The summed E-state index contributed by atoms with van der Waals surface area (Å²) in [7, 11) is -3.07. The summed E-state index contributed by atoms with van der Waals surface area (Å²) in [5.41, 5.74) is 0.511. The number of nitrogens with zero attached hydrogens (tertiary/aromatic N) is 2. The van der Waals surface area contributed by atoms with Crippen LogP contribution in [-0.4, -0.2) is 42.9 Å². The largest absolute Gasteiger partial charge is 0.483 e. The van der Waals surface area contributed by atoms with E-state index in [0.717, 1.165) is 5.69 Å². The van der Waals surface area contributed by atoms with Gasteiger partial charge >= 0.3 is 6.29 Å². The smallest absolute Gasteiger partial charge is 0.294 e. The minimum atomic E-state index is -3.07. The number of ketones is 1. The molecule has 0 aliphatic carbocycles. The zero-order valence-corrected chi connectivity index (χ0v) is 20.8. The van der Waals surface area contributed by atoms with Gasteiger partial charge in [-0.05, 0) is 43.9 Å². The SMILES string of the molecule is CC1(C)C(=O)N(c2ccccc2)c2ncc(C(=O)C[C@@]3(C)CCS(=O)(=O)C3)cc21.O=C(F)F.S. The summed E-state index contributed by atoms with van der Waals surface area (Å²) in [4.78, 5) is 40.2. The standard InChI is InChI=1S/C22H24N2O4S.CF2O.H2S/c1-21(2)17-11-15(18(25)12-22(3)9-10-29(27,28)14-22)13-23-19(17)24(20(21)26)16-7-5-4-6-8-16;2-1(3)4;/h4-8,11,13H,9-10,12,14H2,1-3H3;;1H2/t22-;;/m1../s1. The van der Waals surface area contributed by atoms with Crippen molar-refractivity contribution in [2.75, 3.05) is 16.4 Å². The topological polar surface area (TPSA) is 101 Å². The molecule has 1 aromatic heterocycles. The maximum Gasteiger partial charge on any atom is 0.483 e. The van der Waals surface area contributed by atoms with Gasteiger partial charge in [0.15, 0.2) is 15.6 Å². The first kappa shape index (κ1) is 27.6. The van der Waals surface area contributed by atoms with Crippen LogP contribution in [0.4, 0.5) is 25.1 Å². The van der Waals surface area contributed by atoms with E-state index in [-0.39, 0.29) is 43.1 Å². The summed E-state index contributed by atoms with van der Waals surface area (Å²) < 4.78 is 43.1. The van der Waals surface area contributed by atoms with E-state index in [1.807, 2.05) is 51.1 Å². The van der Waals surface area contributed by atoms with E-state index in [1.165, 1.54) is 6.20 Å². The first-order valence-electron chi connectivity index (χ1n) is 10.2. The van der Waals surface area contributed by atoms with Crippen LogP contribution < -0.4 is 4.90 Å². The number of sulfone groups is 1. The third-order valence-electron chi connectivity index (χ3n) is 6.00. The number of carbonyl (C=O) groups is 3. The number of fused-ring (bicyclic) bond motifs is 1. The number of pyridine rings is 1. The Kier molecular flexibility index (Phi) is 8.04. The van der Waals surface area contributed by atoms with Gasteiger partial charge in [0.2, 0.25) is 5.91 Å². The van der Waals surface area contributed by atoms with Gasteiger partial charge in [-0.3, -0.25) is 14.5 Å².